The molecule has 0 radical (unpaired) electrons. The molecule has 1 saturated heterocycles. The number of fused-ring (bicyclic) bond motifs is 3. The number of allylic oxidation sites excluding steroid dienone is 2. The first-order valence-electron chi connectivity index (χ1n) is 8.22. The number of rotatable bonds is 2. The Morgan fingerprint density at radius 2 is 1.60 bits per heavy atom. The number of halogens is 2. The first-order valence-corrected chi connectivity index (χ1v) is 9.81. The van der Waals surface area contributed by atoms with E-state index in [0.717, 1.165) is 17.9 Å². The highest BCUT2D eigenvalue weighted by atomic mass is 79.9. The van der Waals surface area contributed by atoms with Crippen molar-refractivity contribution in [2.24, 2.45) is 34.2 Å². The third-order valence-electron chi connectivity index (χ3n) is 6.19. The van der Waals surface area contributed by atoms with Gasteiger partial charge in [0.05, 0.1) is 27.0 Å². The van der Waals surface area contributed by atoms with E-state index in [9.17, 15) is 14.7 Å². The van der Waals surface area contributed by atoms with Gasteiger partial charge in [-0.25, -0.2) is 0 Å². The molecule has 4 unspecified atom stereocenters. The van der Waals surface area contributed by atoms with E-state index in [1.54, 1.807) is 12.1 Å². The van der Waals surface area contributed by atoms with Crippen LogP contribution in [0.25, 0.3) is 0 Å². The number of benzene rings is 1. The highest BCUT2D eigenvalue weighted by Gasteiger charge is 2.73. The number of hydrazone groups is 1. The minimum atomic E-state index is -0.236. The van der Waals surface area contributed by atoms with Crippen LogP contribution in [0, 0.1) is 29.1 Å². The minimum absolute atomic E-state index is 0.0948. The summed E-state index contributed by atoms with van der Waals surface area (Å²) >= 11 is 6.52. The van der Waals surface area contributed by atoms with Crippen molar-refractivity contribution in [3.05, 3.63) is 38.8 Å². The molecule has 4 aliphatic rings. The molecule has 1 spiro atoms. The quantitative estimate of drug-likeness (QED) is 0.413. The van der Waals surface area contributed by atoms with Crippen molar-refractivity contribution < 1.29 is 14.7 Å². The second-order valence-electron chi connectivity index (χ2n) is 7.29. The Bertz CT molecular complexity index is 833. The number of hydrogen-bond acceptors (Lipinski definition) is 4. The molecule has 5 rings (SSSR count). The molecule has 1 aliphatic heterocycles. The normalized spacial score (nSPS) is 33.9. The summed E-state index contributed by atoms with van der Waals surface area (Å²) in [6.07, 6.45) is 8.02. The van der Waals surface area contributed by atoms with Gasteiger partial charge >= 0.3 is 0 Å². The summed E-state index contributed by atoms with van der Waals surface area (Å²) in [5, 5.41) is 15.0. The summed E-state index contributed by atoms with van der Waals surface area (Å²) in [5.41, 5.74) is 0.873. The van der Waals surface area contributed by atoms with Gasteiger partial charge in [0.15, 0.2) is 0 Å². The van der Waals surface area contributed by atoms with E-state index in [2.05, 4.69) is 49.1 Å². The maximum absolute atomic E-state index is 12.8. The smallest absolute Gasteiger partial charge is 0.254 e. The molecular weight excluding hydrogens is 452 g/mol. The average Bonchev–Trinajstić information content (AvgIpc) is 3.18. The lowest BCUT2D eigenvalue weighted by molar-refractivity contribution is -0.141. The standard InChI is InChI=1S/C18H14Br2N2O3/c19-11-5-8(6-12(20)15(11)23)7-21-22-16(24)13-9-1-2-10(14(13)17(22)25)18(9)3-4-18/h1-2,5-7,9-10,13-14,23H,3-4H2/b21-7+. The maximum Gasteiger partial charge on any atom is 0.254 e. The Hall–Kier alpha value is -1.47. The molecule has 4 atom stereocenters. The lowest BCUT2D eigenvalue weighted by atomic mass is 9.85. The number of aromatic hydroxyl groups is 1. The molecule has 2 bridgehead atoms. The van der Waals surface area contributed by atoms with Gasteiger partial charge in [0.25, 0.3) is 11.8 Å². The number of carbonyl (C=O) groups excluding carboxylic acids is 2. The number of hydrogen-bond donors (Lipinski definition) is 1. The number of phenolic OH excluding ortho intramolecular Hbond substituents is 1. The van der Waals surface area contributed by atoms with Crippen LogP contribution in [-0.4, -0.2) is 28.1 Å². The predicted octanol–water partition coefficient (Wildman–Crippen LogP) is 3.45. The SMILES string of the molecule is O=C1C2C(C(=O)N1/N=C/c1cc(Br)c(O)c(Br)c1)C1C=CC2C12CC2. The van der Waals surface area contributed by atoms with Crippen LogP contribution in [0.4, 0.5) is 0 Å². The van der Waals surface area contributed by atoms with Gasteiger partial charge in [0, 0.05) is 0 Å². The predicted molar refractivity (Wildman–Crippen MR) is 97.7 cm³/mol. The lowest BCUT2D eigenvalue weighted by Crippen LogP contribution is -2.30. The van der Waals surface area contributed by atoms with E-state index >= 15 is 0 Å². The average molecular weight is 466 g/mol. The van der Waals surface area contributed by atoms with Crippen LogP contribution < -0.4 is 0 Å². The molecule has 2 amide bonds. The molecule has 1 N–H and O–H groups in total. The Morgan fingerprint density at radius 3 is 2.08 bits per heavy atom. The van der Waals surface area contributed by atoms with E-state index in [4.69, 9.17) is 0 Å². The van der Waals surface area contributed by atoms with Crippen molar-refractivity contribution in [2.45, 2.75) is 12.8 Å². The van der Waals surface area contributed by atoms with Crippen LogP contribution in [0.2, 0.25) is 0 Å². The highest BCUT2D eigenvalue weighted by molar-refractivity contribution is 9.11. The molecule has 7 heteroatoms. The zero-order valence-electron chi connectivity index (χ0n) is 13.0. The Labute approximate surface area is 161 Å². The summed E-state index contributed by atoms with van der Waals surface area (Å²) < 4.78 is 1.02. The molecule has 0 aromatic heterocycles. The molecule has 5 nitrogen and oxygen atoms in total. The Morgan fingerprint density at radius 1 is 1.08 bits per heavy atom. The van der Waals surface area contributed by atoms with Gasteiger partial charge in [-0.1, -0.05) is 12.2 Å². The van der Waals surface area contributed by atoms with Crippen LogP contribution in [-0.2, 0) is 9.59 Å². The van der Waals surface area contributed by atoms with Gasteiger partial charge in [-0.15, -0.1) is 0 Å². The summed E-state index contributed by atoms with van der Waals surface area (Å²) in [6.45, 7) is 0. The van der Waals surface area contributed by atoms with Crippen molar-refractivity contribution in [1.29, 1.82) is 0 Å². The summed E-state index contributed by atoms with van der Waals surface area (Å²) in [6, 6.07) is 3.36. The third kappa shape index (κ3) is 1.96. The molecular formula is C18H14Br2N2O3. The summed E-state index contributed by atoms with van der Waals surface area (Å²) in [7, 11) is 0. The number of imide groups is 1. The van der Waals surface area contributed by atoms with Crippen molar-refractivity contribution >= 4 is 49.9 Å². The summed E-state index contributed by atoms with van der Waals surface area (Å²) in [5.74, 6) is -0.317. The van der Waals surface area contributed by atoms with Gasteiger partial charge in [-0.05, 0) is 79.6 Å². The van der Waals surface area contributed by atoms with Crippen molar-refractivity contribution in [3.8, 4) is 5.75 Å². The topological polar surface area (TPSA) is 70.0 Å². The molecule has 1 heterocycles. The Kier molecular flexibility index (Phi) is 3.18. The maximum atomic E-state index is 12.8. The molecule has 3 fully saturated rings. The third-order valence-corrected chi connectivity index (χ3v) is 7.40. The number of amides is 2. The van der Waals surface area contributed by atoms with Gasteiger partial charge in [0.2, 0.25) is 0 Å². The van der Waals surface area contributed by atoms with Crippen molar-refractivity contribution in [2.75, 3.05) is 0 Å². The fourth-order valence-corrected chi connectivity index (χ4v) is 6.18. The second-order valence-corrected chi connectivity index (χ2v) is 9.00. The Balaban J connectivity index is 1.44. The summed E-state index contributed by atoms with van der Waals surface area (Å²) in [4.78, 5) is 25.6. The molecule has 1 aromatic carbocycles. The number of nitrogens with zero attached hydrogens (tertiary/aromatic N) is 2. The van der Waals surface area contributed by atoms with E-state index in [0.29, 0.717) is 14.5 Å². The van der Waals surface area contributed by atoms with Crippen LogP contribution in [0.3, 0.4) is 0 Å². The zero-order valence-corrected chi connectivity index (χ0v) is 16.2. The second kappa shape index (κ2) is 5.04. The van der Waals surface area contributed by atoms with Crippen molar-refractivity contribution in [1.82, 2.24) is 5.01 Å². The van der Waals surface area contributed by atoms with Gasteiger partial charge < -0.3 is 5.11 Å². The monoisotopic (exact) mass is 464 g/mol. The highest BCUT2D eigenvalue weighted by Crippen LogP contribution is 2.73. The molecule has 128 valence electrons. The molecule has 2 saturated carbocycles. The molecule has 3 aliphatic carbocycles. The largest absolute Gasteiger partial charge is 0.506 e. The minimum Gasteiger partial charge on any atom is -0.506 e. The van der Waals surface area contributed by atoms with Crippen LogP contribution in [0.1, 0.15) is 18.4 Å². The zero-order chi connectivity index (χ0) is 17.5. The van der Waals surface area contributed by atoms with Crippen LogP contribution >= 0.6 is 31.9 Å². The van der Waals surface area contributed by atoms with Crippen LogP contribution in [0.15, 0.2) is 38.3 Å². The molecule has 25 heavy (non-hydrogen) atoms. The number of carbonyl (C=O) groups is 2. The van der Waals surface area contributed by atoms with E-state index in [-0.39, 0.29) is 46.7 Å². The van der Waals surface area contributed by atoms with E-state index in [1.807, 2.05) is 0 Å². The fraction of sp³-hybridized carbons (Fsp3) is 0.389. The fourth-order valence-electron chi connectivity index (χ4n) is 4.96. The van der Waals surface area contributed by atoms with Gasteiger partial charge in [0.1, 0.15) is 5.75 Å². The molecule has 1 aromatic rings. The first kappa shape index (κ1) is 15.8. The lowest BCUT2D eigenvalue weighted by Gasteiger charge is -2.18. The first-order chi connectivity index (χ1) is 11.9. The van der Waals surface area contributed by atoms with E-state index in [1.165, 1.54) is 6.21 Å². The van der Waals surface area contributed by atoms with Crippen LogP contribution in [0.5, 0.6) is 5.75 Å². The van der Waals surface area contributed by atoms with Gasteiger partial charge in [-0.2, -0.15) is 10.1 Å². The van der Waals surface area contributed by atoms with Crippen molar-refractivity contribution in [3.63, 3.8) is 0 Å². The number of phenols is 1. The van der Waals surface area contributed by atoms with E-state index < -0.39 is 0 Å². The van der Waals surface area contributed by atoms with Gasteiger partial charge in [-0.3, -0.25) is 9.59 Å².